The molecule has 0 spiro atoms. The maximum Gasteiger partial charge on any atom is 0.182 e. The molecule has 0 radical (unpaired) electrons. The number of hydrogen-bond acceptors (Lipinski definition) is 3. The summed E-state index contributed by atoms with van der Waals surface area (Å²) >= 11 is 5.20. The second kappa shape index (κ2) is 7.29. The fourth-order valence-electron chi connectivity index (χ4n) is 4.94. The molecular weight excluding hydrogens is 304 g/mol. The summed E-state index contributed by atoms with van der Waals surface area (Å²) < 4.78 is 0. The van der Waals surface area contributed by atoms with Crippen molar-refractivity contribution in [2.45, 2.75) is 77.3 Å². The molecule has 1 unspecified atom stereocenters. The van der Waals surface area contributed by atoms with Gasteiger partial charge < -0.3 is 10.6 Å². The Kier molecular flexibility index (Phi) is 5.34. The highest BCUT2D eigenvalue weighted by molar-refractivity contribution is 7.80. The van der Waals surface area contributed by atoms with Crippen LogP contribution in [0.2, 0.25) is 0 Å². The summed E-state index contributed by atoms with van der Waals surface area (Å²) in [5.74, 6) is 1.35. The molecule has 130 valence electrons. The van der Waals surface area contributed by atoms with Gasteiger partial charge in [-0.15, -0.1) is 0 Å². The van der Waals surface area contributed by atoms with Crippen molar-refractivity contribution in [3.8, 4) is 0 Å². The highest BCUT2D eigenvalue weighted by Gasteiger charge is 2.42. The second-order valence-electron chi connectivity index (χ2n) is 7.57. The van der Waals surface area contributed by atoms with Gasteiger partial charge in [0.15, 0.2) is 5.11 Å². The van der Waals surface area contributed by atoms with Gasteiger partial charge in [0.2, 0.25) is 0 Å². The highest BCUT2D eigenvalue weighted by atomic mass is 32.1. The molecule has 0 saturated heterocycles. The van der Waals surface area contributed by atoms with Gasteiger partial charge in [0.25, 0.3) is 0 Å². The van der Waals surface area contributed by atoms with Crippen LogP contribution in [0.4, 0.5) is 0 Å². The third kappa shape index (κ3) is 3.44. The van der Waals surface area contributed by atoms with E-state index in [0.29, 0.717) is 23.1 Å². The molecule has 0 bridgehead atoms. The van der Waals surface area contributed by atoms with E-state index in [0.717, 1.165) is 0 Å². The summed E-state index contributed by atoms with van der Waals surface area (Å²) in [6.07, 6.45) is 13.8. The van der Waals surface area contributed by atoms with E-state index in [9.17, 15) is 0 Å². The lowest BCUT2D eigenvalue weighted by molar-refractivity contribution is 0.0517. The Morgan fingerprint density at radius 1 is 1.04 bits per heavy atom. The molecule has 1 atom stereocenters. The molecule has 0 aromatic rings. The number of allylic oxidation sites excluding steroid dienone is 2. The maximum absolute atomic E-state index is 5.88. The first-order valence-corrected chi connectivity index (χ1v) is 9.79. The first-order valence-electron chi connectivity index (χ1n) is 9.38. The molecule has 3 N–H and O–H groups in total. The normalized spacial score (nSPS) is 27.7. The standard InChI is InChI=1S/C18H32N4S/c1-13-16(14-9-5-3-6-10-14)22(20-18(19)23)17(21(13)2)15-11-7-4-8-12-15/h14-15,17H,3-12H2,1-2H3,(H3,19,20,23). The minimum atomic E-state index is 0.369. The first-order chi connectivity index (χ1) is 11.1. The predicted octanol–water partition coefficient (Wildman–Crippen LogP) is 3.70. The van der Waals surface area contributed by atoms with E-state index in [1.165, 1.54) is 75.6 Å². The van der Waals surface area contributed by atoms with E-state index >= 15 is 0 Å². The van der Waals surface area contributed by atoms with E-state index in [4.69, 9.17) is 18.0 Å². The molecule has 2 fully saturated rings. The molecule has 4 nitrogen and oxygen atoms in total. The summed E-state index contributed by atoms with van der Waals surface area (Å²) in [6.45, 7) is 2.28. The number of nitrogens with zero attached hydrogens (tertiary/aromatic N) is 2. The molecule has 2 saturated carbocycles. The van der Waals surface area contributed by atoms with Gasteiger partial charge in [-0.25, -0.2) is 0 Å². The number of rotatable bonds is 3. The van der Waals surface area contributed by atoms with Crippen LogP contribution in [-0.2, 0) is 0 Å². The minimum absolute atomic E-state index is 0.369. The van der Waals surface area contributed by atoms with Crippen LogP contribution in [0.3, 0.4) is 0 Å². The van der Waals surface area contributed by atoms with Crippen LogP contribution in [-0.4, -0.2) is 28.2 Å². The van der Waals surface area contributed by atoms with Gasteiger partial charge in [-0.1, -0.05) is 38.5 Å². The molecular formula is C18H32N4S. The third-order valence-electron chi connectivity index (χ3n) is 6.11. The van der Waals surface area contributed by atoms with E-state index in [2.05, 4.69) is 29.3 Å². The van der Waals surface area contributed by atoms with E-state index in [-0.39, 0.29) is 0 Å². The van der Waals surface area contributed by atoms with Crippen molar-refractivity contribution in [3.05, 3.63) is 11.4 Å². The number of hydrogen-bond donors (Lipinski definition) is 2. The van der Waals surface area contributed by atoms with E-state index < -0.39 is 0 Å². The summed E-state index contributed by atoms with van der Waals surface area (Å²) in [6, 6.07) is 0. The Bertz CT molecular complexity index is 464. The SMILES string of the molecule is CC1=C(C2CCCCC2)N(NC(N)=S)C(C2CCCCC2)N1C. The number of nitrogens with two attached hydrogens (primary N) is 1. The summed E-state index contributed by atoms with van der Waals surface area (Å²) in [5, 5.41) is 2.74. The number of thiocarbonyl (C=S) groups is 1. The lowest BCUT2D eigenvalue weighted by atomic mass is 9.85. The van der Waals surface area contributed by atoms with Crippen molar-refractivity contribution < 1.29 is 0 Å². The molecule has 0 aromatic heterocycles. The lowest BCUT2D eigenvalue weighted by Crippen LogP contribution is -2.54. The van der Waals surface area contributed by atoms with Crippen molar-refractivity contribution in [2.24, 2.45) is 17.6 Å². The van der Waals surface area contributed by atoms with Gasteiger partial charge in [-0.2, -0.15) is 0 Å². The highest BCUT2D eigenvalue weighted by Crippen LogP contribution is 2.42. The zero-order chi connectivity index (χ0) is 16.4. The van der Waals surface area contributed by atoms with Crippen LogP contribution in [0, 0.1) is 11.8 Å². The zero-order valence-electron chi connectivity index (χ0n) is 14.7. The quantitative estimate of drug-likeness (QED) is 0.769. The predicted molar refractivity (Wildman–Crippen MR) is 99.2 cm³/mol. The Hall–Kier alpha value is -0.970. The van der Waals surface area contributed by atoms with Gasteiger partial charge in [0, 0.05) is 18.7 Å². The topological polar surface area (TPSA) is 44.5 Å². The molecule has 1 heterocycles. The van der Waals surface area contributed by atoms with Crippen LogP contribution >= 0.6 is 12.2 Å². The van der Waals surface area contributed by atoms with Gasteiger partial charge >= 0.3 is 0 Å². The molecule has 3 aliphatic rings. The Balaban J connectivity index is 1.86. The van der Waals surface area contributed by atoms with Crippen molar-refractivity contribution in [2.75, 3.05) is 7.05 Å². The fraction of sp³-hybridized carbons (Fsp3) is 0.833. The molecule has 0 amide bonds. The first kappa shape index (κ1) is 16.9. The molecule has 1 aliphatic heterocycles. The van der Waals surface area contributed by atoms with Crippen molar-refractivity contribution in [3.63, 3.8) is 0 Å². The number of hydrazine groups is 1. The van der Waals surface area contributed by atoms with Crippen LogP contribution in [0.25, 0.3) is 0 Å². The van der Waals surface area contributed by atoms with Crippen LogP contribution in [0.5, 0.6) is 0 Å². The second-order valence-corrected chi connectivity index (χ2v) is 8.01. The Labute approximate surface area is 146 Å². The van der Waals surface area contributed by atoms with E-state index in [1.807, 2.05) is 0 Å². The summed E-state index contributed by atoms with van der Waals surface area (Å²) in [7, 11) is 2.25. The smallest absolute Gasteiger partial charge is 0.182 e. The third-order valence-corrected chi connectivity index (χ3v) is 6.21. The molecule has 0 aromatic carbocycles. The average Bonchev–Trinajstić information content (AvgIpc) is 2.79. The van der Waals surface area contributed by atoms with E-state index in [1.54, 1.807) is 0 Å². The van der Waals surface area contributed by atoms with Crippen molar-refractivity contribution in [1.29, 1.82) is 0 Å². The summed E-state index contributed by atoms with van der Waals surface area (Å²) in [4.78, 5) is 2.48. The van der Waals surface area contributed by atoms with Gasteiger partial charge in [-0.05, 0) is 50.7 Å². The van der Waals surface area contributed by atoms with Gasteiger partial charge in [0.1, 0.15) is 6.17 Å². The van der Waals surface area contributed by atoms with Gasteiger partial charge in [-0.3, -0.25) is 10.4 Å². The van der Waals surface area contributed by atoms with Crippen LogP contribution in [0.15, 0.2) is 11.4 Å². The van der Waals surface area contributed by atoms with Gasteiger partial charge in [0.05, 0.1) is 5.70 Å². The molecule has 2 aliphatic carbocycles. The van der Waals surface area contributed by atoms with Crippen LogP contribution < -0.4 is 11.2 Å². The van der Waals surface area contributed by atoms with Crippen molar-refractivity contribution >= 4 is 17.3 Å². The lowest BCUT2D eigenvalue weighted by Gasteiger charge is -2.41. The Morgan fingerprint density at radius 3 is 2.17 bits per heavy atom. The maximum atomic E-state index is 5.88. The minimum Gasteiger partial charge on any atom is -0.375 e. The Morgan fingerprint density at radius 2 is 1.61 bits per heavy atom. The van der Waals surface area contributed by atoms with Crippen LogP contribution in [0.1, 0.15) is 71.1 Å². The summed E-state index contributed by atoms with van der Waals surface area (Å²) in [5.41, 5.74) is 12.1. The molecule has 23 heavy (non-hydrogen) atoms. The zero-order valence-corrected chi connectivity index (χ0v) is 15.5. The average molecular weight is 337 g/mol. The largest absolute Gasteiger partial charge is 0.375 e. The molecule has 5 heteroatoms. The van der Waals surface area contributed by atoms with Crippen molar-refractivity contribution in [1.82, 2.24) is 15.3 Å². The monoisotopic (exact) mass is 336 g/mol. The fourth-order valence-corrected chi connectivity index (χ4v) is 5.04. The molecule has 3 rings (SSSR count). The number of nitrogens with one attached hydrogen (secondary N) is 1.